The quantitative estimate of drug-likeness (QED) is 0.543. The first kappa shape index (κ1) is 17.4. The molecule has 0 aromatic heterocycles. The van der Waals surface area contributed by atoms with Crippen molar-refractivity contribution in [1.82, 2.24) is 4.90 Å². The van der Waals surface area contributed by atoms with Gasteiger partial charge in [-0.05, 0) is 24.8 Å². The molecule has 1 saturated heterocycles. The van der Waals surface area contributed by atoms with E-state index < -0.39 is 23.8 Å². The van der Waals surface area contributed by atoms with Gasteiger partial charge in [-0.3, -0.25) is 4.90 Å². The lowest BCUT2D eigenvalue weighted by Crippen LogP contribution is -2.54. The topological polar surface area (TPSA) is 79.2 Å². The SMILES string of the molecule is CO[C@@H](C)[C@](O)(C(=O)OCC1=CCN2CC[C@@H](O)[C@H]12)C(C)C. The van der Waals surface area contributed by atoms with Crippen LogP contribution in [0, 0.1) is 5.92 Å². The van der Waals surface area contributed by atoms with Crippen molar-refractivity contribution in [3.63, 3.8) is 0 Å². The van der Waals surface area contributed by atoms with Crippen molar-refractivity contribution in [3.8, 4) is 0 Å². The number of hydrogen-bond acceptors (Lipinski definition) is 6. The summed E-state index contributed by atoms with van der Waals surface area (Å²) in [5.74, 6) is -1.01. The van der Waals surface area contributed by atoms with Crippen LogP contribution in [-0.4, -0.2) is 71.7 Å². The Labute approximate surface area is 131 Å². The van der Waals surface area contributed by atoms with E-state index in [0.717, 1.165) is 25.1 Å². The number of ether oxygens (including phenoxy) is 2. The van der Waals surface area contributed by atoms with Gasteiger partial charge in [0.2, 0.25) is 0 Å². The second-order valence-corrected chi connectivity index (χ2v) is 6.51. The van der Waals surface area contributed by atoms with Crippen molar-refractivity contribution in [2.75, 3.05) is 26.8 Å². The van der Waals surface area contributed by atoms with Crippen molar-refractivity contribution in [2.24, 2.45) is 5.92 Å². The van der Waals surface area contributed by atoms with Crippen LogP contribution in [0.1, 0.15) is 27.2 Å². The third kappa shape index (κ3) is 2.93. The van der Waals surface area contributed by atoms with Crippen molar-refractivity contribution < 1.29 is 24.5 Å². The number of methoxy groups -OCH3 is 1. The number of aliphatic hydroxyl groups excluding tert-OH is 1. The largest absolute Gasteiger partial charge is 0.459 e. The van der Waals surface area contributed by atoms with Gasteiger partial charge in [-0.25, -0.2) is 4.79 Å². The molecule has 4 atom stereocenters. The molecule has 0 saturated carbocycles. The molecule has 126 valence electrons. The summed E-state index contributed by atoms with van der Waals surface area (Å²) < 4.78 is 10.5. The van der Waals surface area contributed by atoms with E-state index in [4.69, 9.17) is 9.47 Å². The Morgan fingerprint density at radius 2 is 2.18 bits per heavy atom. The second-order valence-electron chi connectivity index (χ2n) is 6.51. The second kappa shape index (κ2) is 6.66. The zero-order chi connectivity index (χ0) is 16.5. The van der Waals surface area contributed by atoms with E-state index >= 15 is 0 Å². The van der Waals surface area contributed by atoms with Crippen LogP contribution in [0.4, 0.5) is 0 Å². The molecule has 2 heterocycles. The Morgan fingerprint density at radius 3 is 2.77 bits per heavy atom. The third-order valence-corrected chi connectivity index (χ3v) is 4.99. The van der Waals surface area contributed by atoms with Gasteiger partial charge in [0, 0.05) is 20.2 Å². The lowest BCUT2D eigenvalue weighted by Gasteiger charge is -2.34. The van der Waals surface area contributed by atoms with E-state index in [2.05, 4.69) is 4.90 Å². The zero-order valence-corrected chi connectivity index (χ0v) is 13.8. The number of carbonyl (C=O) groups is 1. The van der Waals surface area contributed by atoms with Gasteiger partial charge in [-0.2, -0.15) is 0 Å². The Balaban J connectivity index is 2.00. The van der Waals surface area contributed by atoms with Gasteiger partial charge in [0.15, 0.2) is 5.60 Å². The maximum Gasteiger partial charge on any atom is 0.341 e. The summed E-state index contributed by atoms with van der Waals surface area (Å²) in [6.07, 6.45) is 1.67. The Morgan fingerprint density at radius 1 is 1.50 bits per heavy atom. The fourth-order valence-corrected chi connectivity index (χ4v) is 3.34. The average Bonchev–Trinajstić information content (AvgIpc) is 3.06. The maximum absolute atomic E-state index is 12.4. The first-order chi connectivity index (χ1) is 10.3. The fourth-order valence-electron chi connectivity index (χ4n) is 3.34. The highest BCUT2D eigenvalue weighted by atomic mass is 16.6. The van der Waals surface area contributed by atoms with E-state index in [1.165, 1.54) is 7.11 Å². The molecular weight excluding hydrogens is 286 g/mol. The molecule has 22 heavy (non-hydrogen) atoms. The van der Waals surface area contributed by atoms with Crippen LogP contribution >= 0.6 is 0 Å². The first-order valence-corrected chi connectivity index (χ1v) is 7.85. The van der Waals surface area contributed by atoms with Gasteiger partial charge >= 0.3 is 5.97 Å². The minimum absolute atomic E-state index is 0.0557. The summed E-state index contributed by atoms with van der Waals surface area (Å²) >= 11 is 0. The first-order valence-electron chi connectivity index (χ1n) is 7.85. The van der Waals surface area contributed by atoms with Crippen LogP contribution in [0.15, 0.2) is 11.6 Å². The van der Waals surface area contributed by atoms with Gasteiger partial charge in [0.1, 0.15) is 6.61 Å². The molecule has 2 N–H and O–H groups in total. The normalized spacial score (nSPS) is 29.1. The molecule has 0 spiro atoms. The molecule has 6 heteroatoms. The number of carbonyl (C=O) groups excluding carboxylic acids is 1. The number of fused-ring (bicyclic) bond motifs is 1. The predicted octanol–water partition coefficient (Wildman–Crippen LogP) is 0.327. The molecule has 2 aliphatic heterocycles. The number of aliphatic hydroxyl groups is 2. The zero-order valence-electron chi connectivity index (χ0n) is 13.8. The summed E-state index contributed by atoms with van der Waals surface area (Å²) in [5, 5.41) is 20.7. The molecule has 0 radical (unpaired) electrons. The van der Waals surface area contributed by atoms with Crippen molar-refractivity contribution in [3.05, 3.63) is 11.6 Å². The molecular formula is C16H27NO5. The van der Waals surface area contributed by atoms with Gasteiger partial charge in [-0.1, -0.05) is 19.9 Å². The fraction of sp³-hybridized carbons (Fsp3) is 0.812. The predicted molar refractivity (Wildman–Crippen MR) is 81.3 cm³/mol. The van der Waals surface area contributed by atoms with Crippen LogP contribution in [0.3, 0.4) is 0 Å². The van der Waals surface area contributed by atoms with Crippen LogP contribution < -0.4 is 0 Å². The smallest absolute Gasteiger partial charge is 0.341 e. The third-order valence-electron chi connectivity index (χ3n) is 4.99. The highest BCUT2D eigenvalue weighted by Gasteiger charge is 2.47. The van der Waals surface area contributed by atoms with Gasteiger partial charge in [-0.15, -0.1) is 0 Å². The van der Waals surface area contributed by atoms with Crippen molar-refractivity contribution >= 4 is 5.97 Å². The molecule has 0 unspecified atom stereocenters. The molecule has 0 amide bonds. The summed E-state index contributed by atoms with van der Waals surface area (Å²) in [4.78, 5) is 14.5. The van der Waals surface area contributed by atoms with Gasteiger partial charge < -0.3 is 19.7 Å². The summed E-state index contributed by atoms with van der Waals surface area (Å²) in [7, 11) is 1.46. The maximum atomic E-state index is 12.4. The van der Waals surface area contributed by atoms with E-state index in [1.54, 1.807) is 20.8 Å². The standard InChI is InChI=1S/C16H27NO5/c1-10(2)16(20,11(3)21-4)15(19)22-9-12-5-7-17-8-6-13(18)14(12)17/h5,10-11,13-14,18,20H,6-9H2,1-4H3/t11-,13+,14-,16-/m0/s1. The molecule has 6 nitrogen and oxygen atoms in total. The molecule has 0 bridgehead atoms. The number of esters is 1. The van der Waals surface area contributed by atoms with Crippen LogP contribution in [-0.2, 0) is 14.3 Å². The summed E-state index contributed by atoms with van der Waals surface area (Å²) in [6, 6.07) is -0.0557. The number of rotatable bonds is 6. The average molecular weight is 313 g/mol. The van der Waals surface area contributed by atoms with E-state index in [0.29, 0.717) is 0 Å². The van der Waals surface area contributed by atoms with Crippen molar-refractivity contribution in [1.29, 1.82) is 0 Å². The lowest BCUT2D eigenvalue weighted by molar-refractivity contribution is -0.186. The molecule has 2 aliphatic rings. The van der Waals surface area contributed by atoms with E-state index in [-0.39, 0.29) is 18.6 Å². The molecule has 2 rings (SSSR count). The highest BCUT2D eigenvalue weighted by Crippen LogP contribution is 2.30. The van der Waals surface area contributed by atoms with E-state index in [9.17, 15) is 15.0 Å². The molecule has 0 aliphatic carbocycles. The highest BCUT2D eigenvalue weighted by molar-refractivity contribution is 5.80. The Hall–Kier alpha value is -0.950. The summed E-state index contributed by atoms with van der Waals surface area (Å²) in [5.41, 5.74) is -0.767. The summed E-state index contributed by atoms with van der Waals surface area (Å²) in [6.45, 7) is 6.90. The molecule has 0 aromatic carbocycles. The number of hydrogen-bond donors (Lipinski definition) is 2. The van der Waals surface area contributed by atoms with Crippen LogP contribution in [0.5, 0.6) is 0 Å². The van der Waals surface area contributed by atoms with Crippen LogP contribution in [0.2, 0.25) is 0 Å². The number of nitrogens with zero attached hydrogens (tertiary/aromatic N) is 1. The van der Waals surface area contributed by atoms with Crippen molar-refractivity contribution in [2.45, 2.75) is 51.0 Å². The van der Waals surface area contributed by atoms with Crippen LogP contribution in [0.25, 0.3) is 0 Å². The Bertz CT molecular complexity index is 450. The van der Waals surface area contributed by atoms with Gasteiger partial charge in [0.25, 0.3) is 0 Å². The van der Waals surface area contributed by atoms with Gasteiger partial charge in [0.05, 0.1) is 18.2 Å². The van der Waals surface area contributed by atoms with E-state index in [1.807, 2.05) is 6.08 Å². The monoisotopic (exact) mass is 313 g/mol. The molecule has 1 fully saturated rings. The minimum Gasteiger partial charge on any atom is -0.459 e. The molecule has 0 aromatic rings. The Kier molecular flexibility index (Phi) is 5.27. The lowest BCUT2D eigenvalue weighted by atomic mass is 9.85. The minimum atomic E-state index is -1.68.